The first-order valence-electron chi connectivity index (χ1n) is 5.65. The molecule has 1 aromatic rings. The van der Waals surface area contributed by atoms with Crippen LogP contribution in [0.15, 0.2) is 18.2 Å². The normalized spacial score (nSPS) is 10.3. The number of hydrogen-bond acceptors (Lipinski definition) is 5. The van der Waals surface area contributed by atoms with Crippen molar-refractivity contribution in [1.29, 1.82) is 0 Å². The highest BCUT2D eigenvalue weighted by atomic mass is 17.2. The molecule has 100 valence electrons. The molecule has 1 rings (SSSR count). The lowest BCUT2D eigenvalue weighted by molar-refractivity contribution is -0.247. The number of benzene rings is 1. The van der Waals surface area contributed by atoms with Crippen LogP contribution in [0.5, 0.6) is 11.5 Å². The SMILES string of the molecule is COc1cccc(C(=O)OOCC(C)C)c1OC. The monoisotopic (exact) mass is 254 g/mol. The third-order valence-corrected chi connectivity index (χ3v) is 2.16. The van der Waals surface area contributed by atoms with Gasteiger partial charge in [0.05, 0.1) is 20.8 Å². The van der Waals surface area contributed by atoms with E-state index in [0.717, 1.165) is 0 Å². The fourth-order valence-electron chi connectivity index (χ4n) is 1.32. The maximum atomic E-state index is 11.8. The number of para-hydroxylation sites is 1. The summed E-state index contributed by atoms with van der Waals surface area (Å²) < 4.78 is 10.2. The molecule has 1 aromatic carbocycles. The largest absolute Gasteiger partial charge is 0.493 e. The molecule has 0 amide bonds. The van der Waals surface area contributed by atoms with Crippen molar-refractivity contribution in [2.24, 2.45) is 5.92 Å². The zero-order valence-corrected chi connectivity index (χ0v) is 11.1. The molecule has 0 aliphatic heterocycles. The summed E-state index contributed by atoms with van der Waals surface area (Å²) in [6, 6.07) is 4.97. The molecular weight excluding hydrogens is 236 g/mol. The molecule has 18 heavy (non-hydrogen) atoms. The number of rotatable bonds is 6. The summed E-state index contributed by atoms with van der Waals surface area (Å²) in [5, 5.41) is 0. The Morgan fingerprint density at radius 1 is 1.22 bits per heavy atom. The van der Waals surface area contributed by atoms with E-state index >= 15 is 0 Å². The molecule has 0 bridgehead atoms. The van der Waals surface area contributed by atoms with Gasteiger partial charge in [-0.3, -0.25) is 4.89 Å². The Labute approximate surface area is 107 Å². The molecule has 0 aliphatic rings. The van der Waals surface area contributed by atoms with E-state index in [2.05, 4.69) is 0 Å². The van der Waals surface area contributed by atoms with E-state index in [1.807, 2.05) is 13.8 Å². The van der Waals surface area contributed by atoms with Crippen LogP contribution in [0.3, 0.4) is 0 Å². The van der Waals surface area contributed by atoms with Crippen molar-refractivity contribution in [3.63, 3.8) is 0 Å². The lowest BCUT2D eigenvalue weighted by atomic mass is 10.2. The van der Waals surface area contributed by atoms with Crippen molar-refractivity contribution in [2.75, 3.05) is 20.8 Å². The molecule has 0 fully saturated rings. The van der Waals surface area contributed by atoms with E-state index in [1.54, 1.807) is 18.2 Å². The Kier molecular flexibility index (Phi) is 5.45. The first-order valence-corrected chi connectivity index (χ1v) is 5.65. The Hall–Kier alpha value is -1.75. The second kappa shape index (κ2) is 6.86. The molecule has 0 saturated carbocycles. The zero-order valence-electron chi connectivity index (χ0n) is 11.1. The maximum absolute atomic E-state index is 11.8. The first-order chi connectivity index (χ1) is 8.60. The van der Waals surface area contributed by atoms with Gasteiger partial charge in [-0.25, -0.2) is 4.79 Å². The molecule has 5 heteroatoms. The smallest absolute Gasteiger partial charge is 0.376 e. The molecule has 0 aromatic heterocycles. The van der Waals surface area contributed by atoms with Gasteiger partial charge in [-0.05, 0) is 18.1 Å². The quantitative estimate of drug-likeness (QED) is 0.576. The van der Waals surface area contributed by atoms with E-state index in [-0.39, 0.29) is 11.5 Å². The third kappa shape index (κ3) is 3.63. The van der Waals surface area contributed by atoms with E-state index in [4.69, 9.17) is 19.2 Å². The summed E-state index contributed by atoms with van der Waals surface area (Å²) in [4.78, 5) is 21.3. The van der Waals surface area contributed by atoms with Crippen molar-refractivity contribution in [3.05, 3.63) is 23.8 Å². The van der Waals surface area contributed by atoms with Gasteiger partial charge < -0.3 is 9.47 Å². The summed E-state index contributed by atoms with van der Waals surface area (Å²) in [5.41, 5.74) is 0.264. The maximum Gasteiger partial charge on any atom is 0.376 e. The lowest BCUT2D eigenvalue weighted by Gasteiger charge is -2.11. The molecule has 0 atom stereocenters. The van der Waals surface area contributed by atoms with E-state index < -0.39 is 5.97 Å². The average Bonchev–Trinajstić information content (AvgIpc) is 2.36. The fraction of sp³-hybridized carbons (Fsp3) is 0.462. The van der Waals surface area contributed by atoms with Crippen molar-refractivity contribution in [2.45, 2.75) is 13.8 Å². The lowest BCUT2D eigenvalue weighted by Crippen LogP contribution is -2.11. The highest BCUT2D eigenvalue weighted by Crippen LogP contribution is 2.31. The second-order valence-corrected chi connectivity index (χ2v) is 4.09. The van der Waals surface area contributed by atoms with Crippen LogP contribution in [0.2, 0.25) is 0 Å². The van der Waals surface area contributed by atoms with Gasteiger partial charge in [-0.15, -0.1) is 0 Å². The Morgan fingerprint density at radius 3 is 2.50 bits per heavy atom. The Bertz CT molecular complexity index is 400. The van der Waals surface area contributed by atoms with Crippen molar-refractivity contribution >= 4 is 5.97 Å². The van der Waals surface area contributed by atoms with Crippen LogP contribution in [0.4, 0.5) is 0 Å². The standard InChI is InChI=1S/C13H18O5/c1-9(2)8-17-18-13(14)10-6-5-7-11(15-3)12(10)16-4/h5-7,9H,8H2,1-4H3. The van der Waals surface area contributed by atoms with Gasteiger partial charge >= 0.3 is 5.97 Å². The number of carbonyl (C=O) groups excluding carboxylic acids is 1. The van der Waals surface area contributed by atoms with Crippen LogP contribution in [0, 0.1) is 5.92 Å². The van der Waals surface area contributed by atoms with Gasteiger partial charge in [0.25, 0.3) is 0 Å². The predicted molar refractivity (Wildman–Crippen MR) is 65.8 cm³/mol. The molecular formula is C13H18O5. The van der Waals surface area contributed by atoms with Crippen molar-refractivity contribution in [3.8, 4) is 11.5 Å². The summed E-state index contributed by atoms with van der Waals surface area (Å²) in [6.45, 7) is 4.26. The van der Waals surface area contributed by atoms with Gasteiger partial charge in [0, 0.05) is 0 Å². The number of ether oxygens (including phenoxy) is 2. The molecule has 5 nitrogen and oxygen atoms in total. The first kappa shape index (κ1) is 14.3. The van der Waals surface area contributed by atoms with Crippen molar-refractivity contribution in [1.82, 2.24) is 0 Å². The Balaban J connectivity index is 2.79. The topological polar surface area (TPSA) is 54.0 Å². The predicted octanol–water partition coefficient (Wildman–Crippen LogP) is 2.45. The van der Waals surface area contributed by atoms with Gasteiger partial charge in [0.15, 0.2) is 11.5 Å². The minimum Gasteiger partial charge on any atom is -0.493 e. The summed E-state index contributed by atoms with van der Waals surface area (Å²) in [6.07, 6.45) is 0. The van der Waals surface area contributed by atoms with Gasteiger partial charge in [0.2, 0.25) is 0 Å². The summed E-state index contributed by atoms with van der Waals surface area (Å²) in [7, 11) is 2.96. The second-order valence-electron chi connectivity index (χ2n) is 4.09. The Morgan fingerprint density at radius 2 is 1.94 bits per heavy atom. The van der Waals surface area contributed by atoms with Crippen LogP contribution in [0.1, 0.15) is 24.2 Å². The summed E-state index contributed by atoms with van der Waals surface area (Å²) in [5.74, 6) is 0.477. The molecule has 0 aliphatic carbocycles. The van der Waals surface area contributed by atoms with E-state index in [1.165, 1.54) is 14.2 Å². The summed E-state index contributed by atoms with van der Waals surface area (Å²) >= 11 is 0. The van der Waals surface area contributed by atoms with E-state index in [0.29, 0.717) is 18.1 Å². The average molecular weight is 254 g/mol. The molecule has 0 radical (unpaired) electrons. The van der Waals surface area contributed by atoms with Crippen LogP contribution in [0.25, 0.3) is 0 Å². The molecule has 0 saturated heterocycles. The highest BCUT2D eigenvalue weighted by Gasteiger charge is 2.18. The van der Waals surface area contributed by atoms with Gasteiger partial charge in [0.1, 0.15) is 5.56 Å². The van der Waals surface area contributed by atoms with Crippen LogP contribution < -0.4 is 9.47 Å². The number of hydrogen-bond donors (Lipinski definition) is 0. The number of carbonyl (C=O) groups is 1. The minimum absolute atomic E-state index is 0.264. The molecule has 0 heterocycles. The van der Waals surface area contributed by atoms with Gasteiger partial charge in [-0.2, -0.15) is 4.89 Å². The molecule has 0 N–H and O–H groups in total. The van der Waals surface area contributed by atoms with Crippen LogP contribution >= 0.6 is 0 Å². The van der Waals surface area contributed by atoms with Crippen LogP contribution in [-0.4, -0.2) is 26.8 Å². The zero-order chi connectivity index (χ0) is 13.5. The molecule has 0 spiro atoms. The third-order valence-electron chi connectivity index (χ3n) is 2.16. The van der Waals surface area contributed by atoms with Crippen molar-refractivity contribution < 1.29 is 24.0 Å². The van der Waals surface area contributed by atoms with Gasteiger partial charge in [-0.1, -0.05) is 19.9 Å². The van der Waals surface area contributed by atoms with E-state index in [9.17, 15) is 4.79 Å². The fourth-order valence-corrected chi connectivity index (χ4v) is 1.32. The highest BCUT2D eigenvalue weighted by molar-refractivity contribution is 5.93. The molecule has 0 unspecified atom stereocenters. The van der Waals surface area contributed by atoms with Crippen LogP contribution in [-0.2, 0) is 9.78 Å². The minimum atomic E-state index is -0.605. The number of methoxy groups -OCH3 is 2.